The van der Waals surface area contributed by atoms with E-state index in [1.165, 1.54) is 0 Å². The summed E-state index contributed by atoms with van der Waals surface area (Å²) < 4.78 is 0. The lowest BCUT2D eigenvalue weighted by Gasteiger charge is -2.23. The molecule has 3 atom stereocenters. The van der Waals surface area contributed by atoms with Crippen molar-refractivity contribution in [1.29, 1.82) is 0 Å². The Morgan fingerprint density at radius 3 is 2.78 bits per heavy atom. The van der Waals surface area contributed by atoms with Gasteiger partial charge in [-0.25, -0.2) is 4.79 Å². The smallest absolute Gasteiger partial charge is 0.315 e. The molecule has 6 N–H and O–H groups in total. The second kappa shape index (κ2) is 8.35. The van der Waals surface area contributed by atoms with Crippen LogP contribution >= 0.6 is 11.8 Å². The zero-order valence-electron chi connectivity index (χ0n) is 14.0. The van der Waals surface area contributed by atoms with Crippen molar-refractivity contribution < 1.29 is 9.59 Å². The van der Waals surface area contributed by atoms with Crippen molar-refractivity contribution in [2.45, 2.75) is 81.3 Å². The first-order valence-corrected chi connectivity index (χ1v) is 9.78. The van der Waals surface area contributed by atoms with Crippen LogP contribution in [0.15, 0.2) is 0 Å². The minimum Gasteiger partial charge on any atom is -0.332 e. The van der Waals surface area contributed by atoms with E-state index in [4.69, 9.17) is 11.5 Å². The Hall–Kier alpha value is -0.790. The van der Waals surface area contributed by atoms with Crippen molar-refractivity contribution in [3.63, 3.8) is 0 Å². The first-order chi connectivity index (χ1) is 10.9. The van der Waals surface area contributed by atoms with Gasteiger partial charge >= 0.3 is 6.03 Å². The first kappa shape index (κ1) is 18.5. The third-order valence-electron chi connectivity index (χ3n) is 4.79. The number of hydrogen-bond acceptors (Lipinski definition) is 5. The van der Waals surface area contributed by atoms with Gasteiger partial charge in [-0.15, -0.1) is 0 Å². The van der Waals surface area contributed by atoms with Gasteiger partial charge in [0.2, 0.25) is 0 Å². The Balaban J connectivity index is 1.63. The van der Waals surface area contributed by atoms with Crippen LogP contribution in [0.2, 0.25) is 0 Å². The third-order valence-corrected chi connectivity index (χ3v) is 6.30. The molecular weight excluding hydrogens is 312 g/mol. The van der Waals surface area contributed by atoms with E-state index in [2.05, 4.69) is 17.6 Å². The molecule has 0 aliphatic carbocycles. The number of fused-ring (bicyclic) bond motifs is 1. The number of ketones is 1. The summed E-state index contributed by atoms with van der Waals surface area (Å²) in [5.74, 6) is 0.945. The molecule has 2 saturated heterocycles. The number of carbonyl (C=O) groups is 2. The fourth-order valence-corrected chi connectivity index (χ4v) is 4.86. The molecule has 132 valence electrons. The standard InChI is InChI=1S/C16H30N4O2S/c1-2-3-6-9-16(17,18)13(21)8-5-4-7-12-14-11(10-23-12)19-15(22)20-14/h11-12,14H,2-10,17-18H2,1H3,(H2,19,20,22)/t11-,12-,14-/m0/s1. The lowest BCUT2D eigenvalue weighted by Crippen LogP contribution is -2.56. The highest BCUT2D eigenvalue weighted by molar-refractivity contribution is 8.00. The molecule has 2 amide bonds. The second-order valence-corrected chi connectivity index (χ2v) is 8.06. The van der Waals surface area contributed by atoms with Gasteiger partial charge in [0, 0.05) is 17.4 Å². The van der Waals surface area contributed by atoms with Crippen LogP contribution in [0.1, 0.15) is 58.3 Å². The van der Waals surface area contributed by atoms with E-state index >= 15 is 0 Å². The summed E-state index contributed by atoms with van der Waals surface area (Å²) >= 11 is 1.90. The molecule has 0 radical (unpaired) electrons. The van der Waals surface area contributed by atoms with Gasteiger partial charge in [-0.1, -0.05) is 26.2 Å². The zero-order valence-corrected chi connectivity index (χ0v) is 14.8. The lowest BCUT2D eigenvalue weighted by molar-refractivity contribution is -0.124. The fraction of sp³-hybridized carbons (Fsp3) is 0.875. The fourth-order valence-electron chi connectivity index (χ4n) is 3.31. The minimum atomic E-state index is -1.16. The molecular formula is C16H30N4O2S. The SMILES string of the molecule is CCCCCC(N)(N)C(=O)CCCC[C@@H]1SC[C@@H]2NC(=O)N[C@@H]21. The van der Waals surface area contributed by atoms with Gasteiger partial charge in [-0.2, -0.15) is 11.8 Å². The second-order valence-electron chi connectivity index (χ2n) is 6.79. The van der Waals surface area contributed by atoms with Crippen molar-refractivity contribution in [3.05, 3.63) is 0 Å². The summed E-state index contributed by atoms with van der Waals surface area (Å²) in [6, 6.07) is 0.447. The molecule has 0 aromatic heterocycles. The zero-order chi connectivity index (χ0) is 16.9. The van der Waals surface area contributed by atoms with E-state index in [0.29, 0.717) is 18.1 Å². The van der Waals surface area contributed by atoms with E-state index in [1.807, 2.05) is 11.8 Å². The summed E-state index contributed by atoms with van der Waals surface area (Å²) in [6.45, 7) is 2.12. The van der Waals surface area contributed by atoms with Crippen LogP contribution in [0.5, 0.6) is 0 Å². The summed E-state index contributed by atoms with van der Waals surface area (Å²) in [7, 11) is 0. The maximum Gasteiger partial charge on any atom is 0.315 e. The van der Waals surface area contributed by atoms with Crippen LogP contribution in [-0.2, 0) is 4.79 Å². The van der Waals surface area contributed by atoms with Crippen molar-refractivity contribution >= 4 is 23.6 Å². The highest BCUT2D eigenvalue weighted by Gasteiger charge is 2.42. The third kappa shape index (κ3) is 5.09. The van der Waals surface area contributed by atoms with E-state index in [9.17, 15) is 9.59 Å². The Morgan fingerprint density at radius 2 is 2.04 bits per heavy atom. The molecule has 0 aromatic carbocycles. The van der Waals surface area contributed by atoms with Crippen LogP contribution in [-0.4, -0.2) is 40.6 Å². The average Bonchev–Trinajstić information content (AvgIpc) is 3.03. The Morgan fingerprint density at radius 1 is 1.26 bits per heavy atom. The van der Waals surface area contributed by atoms with E-state index in [0.717, 1.165) is 44.3 Å². The number of nitrogens with two attached hydrogens (primary N) is 2. The highest BCUT2D eigenvalue weighted by atomic mass is 32.2. The van der Waals surface area contributed by atoms with Gasteiger partial charge in [0.05, 0.1) is 12.1 Å². The van der Waals surface area contributed by atoms with Crippen molar-refractivity contribution in [2.24, 2.45) is 11.5 Å². The maximum absolute atomic E-state index is 12.2. The molecule has 0 spiro atoms. The molecule has 2 aliphatic heterocycles. The van der Waals surface area contributed by atoms with Crippen molar-refractivity contribution in [2.75, 3.05) is 5.75 Å². The number of Topliss-reactive ketones (excluding diaryl/α,β-unsaturated/α-hetero) is 1. The van der Waals surface area contributed by atoms with Gasteiger partial charge in [-0.05, 0) is 25.7 Å². The number of hydrogen-bond donors (Lipinski definition) is 4. The summed E-state index contributed by atoms with van der Waals surface area (Å²) in [5.41, 5.74) is 10.8. The molecule has 0 saturated carbocycles. The predicted octanol–water partition coefficient (Wildman–Crippen LogP) is 1.48. The van der Waals surface area contributed by atoms with Crippen LogP contribution < -0.4 is 22.1 Å². The number of thioether (sulfide) groups is 1. The van der Waals surface area contributed by atoms with Crippen LogP contribution in [0.25, 0.3) is 0 Å². The lowest BCUT2D eigenvalue weighted by atomic mass is 9.94. The van der Waals surface area contributed by atoms with Gasteiger partial charge in [-0.3, -0.25) is 4.79 Å². The van der Waals surface area contributed by atoms with Crippen LogP contribution in [0.3, 0.4) is 0 Å². The number of urea groups is 1. The largest absolute Gasteiger partial charge is 0.332 e. The van der Waals surface area contributed by atoms with E-state index in [-0.39, 0.29) is 23.9 Å². The average molecular weight is 343 g/mol. The van der Waals surface area contributed by atoms with Crippen molar-refractivity contribution in [1.82, 2.24) is 10.6 Å². The molecule has 0 aromatic rings. The molecule has 7 heteroatoms. The Kier molecular flexibility index (Phi) is 6.73. The topological polar surface area (TPSA) is 110 Å². The Bertz CT molecular complexity index is 430. The van der Waals surface area contributed by atoms with Gasteiger partial charge < -0.3 is 22.1 Å². The number of rotatable bonds is 10. The number of carbonyl (C=O) groups excluding carboxylic acids is 2. The number of amides is 2. The molecule has 6 nitrogen and oxygen atoms in total. The normalized spacial score (nSPS) is 26.7. The molecule has 2 fully saturated rings. The predicted molar refractivity (Wildman–Crippen MR) is 94.2 cm³/mol. The van der Waals surface area contributed by atoms with E-state index in [1.54, 1.807) is 0 Å². The highest BCUT2D eigenvalue weighted by Crippen LogP contribution is 2.33. The van der Waals surface area contributed by atoms with Gasteiger partial charge in [0.1, 0.15) is 5.66 Å². The molecule has 0 unspecified atom stereocenters. The summed E-state index contributed by atoms with van der Waals surface area (Å²) in [6.07, 6.45) is 6.88. The van der Waals surface area contributed by atoms with Crippen LogP contribution in [0.4, 0.5) is 4.79 Å². The minimum absolute atomic E-state index is 0.0265. The first-order valence-electron chi connectivity index (χ1n) is 8.73. The molecule has 2 aliphatic rings. The molecule has 23 heavy (non-hydrogen) atoms. The maximum atomic E-state index is 12.2. The quantitative estimate of drug-likeness (QED) is 0.273. The monoisotopic (exact) mass is 342 g/mol. The van der Waals surface area contributed by atoms with Gasteiger partial charge in [0.25, 0.3) is 0 Å². The molecule has 2 heterocycles. The molecule has 0 bridgehead atoms. The van der Waals surface area contributed by atoms with Gasteiger partial charge in [0.15, 0.2) is 5.78 Å². The van der Waals surface area contributed by atoms with E-state index < -0.39 is 5.66 Å². The van der Waals surface area contributed by atoms with Crippen LogP contribution in [0, 0.1) is 0 Å². The number of nitrogens with one attached hydrogen (secondary N) is 2. The Labute approximate surface area is 142 Å². The summed E-state index contributed by atoms with van der Waals surface area (Å²) in [4.78, 5) is 23.5. The molecule has 2 rings (SSSR count). The van der Waals surface area contributed by atoms with Crippen molar-refractivity contribution in [3.8, 4) is 0 Å². The summed E-state index contributed by atoms with van der Waals surface area (Å²) in [5, 5.41) is 6.37. The number of unbranched alkanes of at least 4 members (excludes halogenated alkanes) is 3.